The van der Waals surface area contributed by atoms with E-state index < -0.39 is 40.0 Å². The van der Waals surface area contributed by atoms with Gasteiger partial charge < -0.3 is 4.74 Å². The molecule has 1 aliphatic rings. The normalized spacial score (nSPS) is 19.3. The van der Waals surface area contributed by atoms with Gasteiger partial charge in [0.15, 0.2) is 0 Å². The summed E-state index contributed by atoms with van der Waals surface area (Å²) in [5.74, 6) is -4.56. The van der Waals surface area contributed by atoms with Crippen molar-refractivity contribution in [1.29, 1.82) is 0 Å². The van der Waals surface area contributed by atoms with E-state index >= 15 is 4.39 Å². The zero-order chi connectivity index (χ0) is 17.5. The summed E-state index contributed by atoms with van der Waals surface area (Å²) in [4.78, 5) is 27.2. The Morgan fingerprint density at radius 3 is 2.67 bits per heavy atom. The van der Waals surface area contributed by atoms with Gasteiger partial charge in [0.25, 0.3) is 0 Å². The molecule has 2 aromatic rings. The Bertz CT molecular complexity index is 829. The molecule has 0 saturated heterocycles. The Kier molecular flexibility index (Phi) is 3.75. The fourth-order valence-corrected chi connectivity index (χ4v) is 2.33. The van der Waals surface area contributed by atoms with Crippen LogP contribution in [0.5, 0.6) is 0 Å². The predicted octanol–water partition coefficient (Wildman–Crippen LogP) is 2.67. The van der Waals surface area contributed by atoms with Crippen LogP contribution in [0, 0.1) is 12.9 Å². The number of hydrogen-bond donors (Lipinski definition) is 0. The van der Waals surface area contributed by atoms with Crippen molar-refractivity contribution in [2.75, 3.05) is 5.12 Å². The molecule has 0 saturated carbocycles. The zero-order valence-electron chi connectivity index (χ0n) is 12.4. The molecule has 0 bridgehead atoms. The van der Waals surface area contributed by atoms with Gasteiger partial charge in [0.05, 0.1) is 0 Å². The van der Waals surface area contributed by atoms with Gasteiger partial charge in [0.1, 0.15) is 18.0 Å². The number of aryl methyl sites for hydroxylation is 1. The fourth-order valence-electron chi connectivity index (χ4n) is 2.33. The van der Waals surface area contributed by atoms with Crippen molar-refractivity contribution in [2.45, 2.75) is 19.2 Å². The van der Waals surface area contributed by atoms with Gasteiger partial charge in [0, 0.05) is 5.56 Å². The Hall–Kier alpha value is -2.90. The number of hydrogen-bond acceptors (Lipinski definition) is 4. The second-order valence-electron chi connectivity index (χ2n) is 5.27. The number of anilines is 1. The van der Waals surface area contributed by atoms with Crippen molar-refractivity contribution >= 4 is 17.6 Å². The highest BCUT2D eigenvalue weighted by molar-refractivity contribution is 6.17. The maximum Gasteiger partial charge on any atom is 0.360 e. The molecule has 24 heavy (non-hydrogen) atoms. The first kappa shape index (κ1) is 16.0. The molecule has 0 N–H and O–H groups in total. The van der Waals surface area contributed by atoms with Crippen molar-refractivity contribution in [3.05, 3.63) is 59.2 Å². The third-order valence-corrected chi connectivity index (χ3v) is 3.64. The van der Waals surface area contributed by atoms with Gasteiger partial charge >= 0.3 is 17.5 Å². The van der Waals surface area contributed by atoms with Crippen LogP contribution in [0.3, 0.4) is 0 Å². The van der Waals surface area contributed by atoms with Crippen LogP contribution in [-0.4, -0.2) is 16.9 Å². The number of nitrogens with zero attached hydrogens (tertiary/aromatic N) is 2. The van der Waals surface area contributed by atoms with Gasteiger partial charge in [0.2, 0.25) is 5.95 Å². The number of pyridine rings is 1. The first-order valence-electron chi connectivity index (χ1n) is 6.93. The average molecular weight is 336 g/mol. The number of esters is 1. The lowest BCUT2D eigenvalue weighted by Crippen LogP contribution is -2.42. The molecule has 0 aliphatic carbocycles. The van der Waals surface area contributed by atoms with E-state index in [4.69, 9.17) is 4.74 Å². The predicted molar refractivity (Wildman–Crippen MR) is 76.6 cm³/mol. The number of carbonyl (C=O) groups is 2. The lowest BCUT2D eigenvalue weighted by atomic mass is 10.0. The molecule has 1 aromatic carbocycles. The molecule has 1 amide bonds. The van der Waals surface area contributed by atoms with E-state index in [1.54, 1.807) is 30.3 Å². The van der Waals surface area contributed by atoms with Crippen molar-refractivity contribution < 1.29 is 27.6 Å². The van der Waals surface area contributed by atoms with Crippen LogP contribution >= 0.6 is 0 Å². The van der Waals surface area contributed by atoms with Gasteiger partial charge in [-0.2, -0.15) is 4.39 Å². The van der Waals surface area contributed by atoms with Crippen molar-refractivity contribution in [3.8, 4) is 0 Å². The van der Waals surface area contributed by atoms with Crippen LogP contribution in [0.25, 0.3) is 0 Å². The Balaban J connectivity index is 1.93. The molecule has 5 nitrogen and oxygen atoms in total. The molecule has 124 valence electrons. The lowest BCUT2D eigenvalue weighted by Gasteiger charge is -2.15. The van der Waals surface area contributed by atoms with Crippen molar-refractivity contribution in [2.24, 2.45) is 0 Å². The van der Waals surface area contributed by atoms with E-state index in [9.17, 15) is 18.5 Å². The summed E-state index contributed by atoms with van der Waals surface area (Å²) in [6, 6.07) is 9.22. The van der Waals surface area contributed by atoms with Crippen molar-refractivity contribution in [1.82, 2.24) is 4.98 Å². The zero-order valence-corrected chi connectivity index (χ0v) is 12.4. The molecule has 0 spiro atoms. The highest BCUT2D eigenvalue weighted by Gasteiger charge is 2.61. The number of halogens is 3. The van der Waals surface area contributed by atoms with E-state index in [-0.39, 0.29) is 12.2 Å². The summed E-state index contributed by atoms with van der Waals surface area (Å²) in [6.45, 7) is 0.946. The van der Waals surface area contributed by atoms with E-state index in [0.29, 0.717) is 5.56 Å². The van der Waals surface area contributed by atoms with Gasteiger partial charge in [-0.3, -0.25) is 4.79 Å². The summed E-state index contributed by atoms with van der Waals surface area (Å²) in [5.41, 5.74) is -4.63. The van der Waals surface area contributed by atoms with Crippen LogP contribution in [-0.2, 0) is 26.6 Å². The number of amides is 1. The second-order valence-corrected chi connectivity index (χ2v) is 5.27. The molecule has 0 radical (unpaired) electrons. The fraction of sp³-hybridized carbons (Fsp3) is 0.188. The molecule has 1 unspecified atom stereocenters. The maximum atomic E-state index is 15.0. The number of rotatable bonds is 3. The molecular formula is C16H11F3N2O3. The monoisotopic (exact) mass is 336 g/mol. The maximum absolute atomic E-state index is 15.0. The topological polar surface area (TPSA) is 59.5 Å². The molecule has 3 rings (SSSR count). The number of ether oxygens (including phenoxy) is 1. The minimum atomic E-state index is -3.52. The second kappa shape index (κ2) is 5.63. The van der Waals surface area contributed by atoms with E-state index in [1.807, 2.05) is 0 Å². The summed E-state index contributed by atoms with van der Waals surface area (Å²) < 4.78 is 47.3. The smallest absolute Gasteiger partial charge is 0.360 e. The molecule has 1 aliphatic heterocycles. The first-order valence-corrected chi connectivity index (χ1v) is 6.93. The Morgan fingerprint density at radius 2 is 2.00 bits per heavy atom. The number of benzene rings is 1. The van der Waals surface area contributed by atoms with Crippen LogP contribution in [0.1, 0.15) is 16.8 Å². The SMILES string of the molecule is Cc1cc2c(nc1F)C(F)(C(=O)OCc1ccccc1)C(=O)N2F. The van der Waals surface area contributed by atoms with E-state index in [2.05, 4.69) is 4.98 Å². The van der Waals surface area contributed by atoms with Crippen LogP contribution < -0.4 is 5.12 Å². The summed E-state index contributed by atoms with van der Waals surface area (Å²) in [5, 5.41) is -0.557. The van der Waals surface area contributed by atoms with Crippen molar-refractivity contribution in [3.63, 3.8) is 0 Å². The largest absolute Gasteiger partial charge is 0.458 e. The molecule has 1 aromatic heterocycles. The lowest BCUT2D eigenvalue weighted by molar-refractivity contribution is -0.164. The summed E-state index contributed by atoms with van der Waals surface area (Å²) in [7, 11) is 0. The van der Waals surface area contributed by atoms with Gasteiger partial charge in [-0.15, -0.1) is 5.12 Å². The summed E-state index contributed by atoms with van der Waals surface area (Å²) >= 11 is 0. The average Bonchev–Trinajstić information content (AvgIpc) is 2.77. The van der Waals surface area contributed by atoms with E-state index in [0.717, 1.165) is 6.07 Å². The van der Waals surface area contributed by atoms with Crippen LogP contribution in [0.15, 0.2) is 36.4 Å². The number of carbonyl (C=O) groups excluding carboxylic acids is 2. The number of fused-ring (bicyclic) bond motifs is 1. The van der Waals surface area contributed by atoms with E-state index in [1.165, 1.54) is 6.92 Å². The number of aromatic nitrogens is 1. The number of alkyl halides is 1. The third-order valence-electron chi connectivity index (χ3n) is 3.64. The standard InChI is InChI=1S/C16H11F3N2O3/c1-9-7-11-12(20-13(9)17)16(18,14(22)21(11)19)15(23)24-8-10-5-3-2-4-6-10/h2-7H,8H2,1H3. The molecular weight excluding hydrogens is 325 g/mol. The minimum absolute atomic E-state index is 0.0916. The Morgan fingerprint density at radius 1 is 1.33 bits per heavy atom. The minimum Gasteiger partial charge on any atom is -0.458 e. The first-order chi connectivity index (χ1) is 11.4. The molecule has 0 fully saturated rings. The molecule has 8 heteroatoms. The Labute approximate surface area is 134 Å². The quantitative estimate of drug-likeness (QED) is 0.374. The molecule has 1 atom stereocenters. The van der Waals surface area contributed by atoms with Gasteiger partial charge in [-0.1, -0.05) is 34.8 Å². The van der Waals surface area contributed by atoms with Gasteiger partial charge in [-0.05, 0) is 18.6 Å². The van der Waals surface area contributed by atoms with Crippen LogP contribution in [0.4, 0.5) is 18.9 Å². The molecule has 2 heterocycles. The summed E-state index contributed by atoms with van der Waals surface area (Å²) in [6.07, 6.45) is 0. The van der Waals surface area contributed by atoms with Gasteiger partial charge in [-0.25, -0.2) is 14.2 Å². The highest BCUT2D eigenvalue weighted by Crippen LogP contribution is 2.43. The van der Waals surface area contributed by atoms with Crippen LogP contribution in [0.2, 0.25) is 0 Å². The third kappa shape index (κ3) is 2.31. The highest BCUT2D eigenvalue weighted by atomic mass is 19.2.